The minimum atomic E-state index is -0.399. The molecule has 1 amide bonds. The smallest absolute Gasteiger partial charge is 0.307 e. The molecule has 0 atom stereocenters. The van der Waals surface area contributed by atoms with Gasteiger partial charge in [0.15, 0.2) is 5.76 Å². The Balaban J connectivity index is 1.65. The van der Waals surface area contributed by atoms with Crippen molar-refractivity contribution in [1.82, 2.24) is 5.43 Å². The van der Waals surface area contributed by atoms with Gasteiger partial charge in [0.2, 0.25) is 0 Å². The molecule has 1 N–H and O–H groups in total. The molecule has 0 aliphatic carbocycles. The molecule has 24 heavy (non-hydrogen) atoms. The van der Waals surface area contributed by atoms with Crippen molar-refractivity contribution in [3.8, 4) is 5.75 Å². The van der Waals surface area contributed by atoms with Crippen LogP contribution in [0.2, 0.25) is 0 Å². The van der Waals surface area contributed by atoms with Gasteiger partial charge in [-0.15, -0.1) is 0 Å². The van der Waals surface area contributed by atoms with E-state index in [9.17, 15) is 4.79 Å². The van der Waals surface area contributed by atoms with Crippen molar-refractivity contribution in [2.75, 3.05) is 6.61 Å². The summed E-state index contributed by atoms with van der Waals surface area (Å²) in [6.45, 7) is 2.55. The molecule has 0 aliphatic rings. The van der Waals surface area contributed by atoms with Crippen LogP contribution < -0.4 is 10.2 Å². The van der Waals surface area contributed by atoms with Crippen LogP contribution in [0.3, 0.4) is 0 Å². The van der Waals surface area contributed by atoms with Gasteiger partial charge >= 0.3 is 5.91 Å². The average Bonchev–Trinajstić information content (AvgIpc) is 3.00. The molecule has 0 saturated carbocycles. The van der Waals surface area contributed by atoms with E-state index in [-0.39, 0.29) is 5.76 Å². The van der Waals surface area contributed by atoms with Crippen LogP contribution in [0.1, 0.15) is 23.0 Å². The second-order valence-corrected chi connectivity index (χ2v) is 5.91. The quantitative estimate of drug-likeness (QED) is 0.523. The molecule has 0 bridgehead atoms. The summed E-state index contributed by atoms with van der Waals surface area (Å²) >= 11 is 3.39. The Labute approximate surface area is 147 Å². The number of hydrogen-bond acceptors (Lipinski definition) is 4. The molecular weight excluding hydrogens is 372 g/mol. The van der Waals surface area contributed by atoms with E-state index in [4.69, 9.17) is 9.15 Å². The van der Waals surface area contributed by atoms with Crippen LogP contribution in [0.4, 0.5) is 0 Å². The second-order valence-electron chi connectivity index (χ2n) is 4.99. The Bertz CT molecular complexity index is 885. The van der Waals surface area contributed by atoms with E-state index in [1.165, 1.54) is 0 Å². The fraction of sp³-hybridized carbons (Fsp3) is 0.111. The number of fused-ring (bicyclic) bond motifs is 1. The summed E-state index contributed by atoms with van der Waals surface area (Å²) in [5, 5.41) is 4.80. The second kappa shape index (κ2) is 7.31. The van der Waals surface area contributed by atoms with Gasteiger partial charge in [0.1, 0.15) is 11.3 Å². The van der Waals surface area contributed by atoms with Gasteiger partial charge < -0.3 is 9.15 Å². The summed E-state index contributed by atoms with van der Waals surface area (Å²) in [4.78, 5) is 12.1. The van der Waals surface area contributed by atoms with E-state index in [0.717, 1.165) is 21.2 Å². The standard InChI is InChI=1S/C18H15BrN2O3/c1-2-23-15-6-3-12(4-7-15)11-20-21-18(22)17-10-13-9-14(19)5-8-16(13)24-17/h3-11H,2H2,1H3,(H,21,22). The Morgan fingerprint density at radius 1 is 1.25 bits per heavy atom. The van der Waals surface area contributed by atoms with E-state index in [2.05, 4.69) is 26.5 Å². The van der Waals surface area contributed by atoms with Crippen molar-refractivity contribution >= 4 is 39.0 Å². The number of carbonyl (C=O) groups excluding carboxylic acids is 1. The van der Waals surface area contributed by atoms with Crippen LogP contribution in [0.5, 0.6) is 5.75 Å². The van der Waals surface area contributed by atoms with Gasteiger partial charge in [-0.05, 0) is 61.0 Å². The zero-order valence-corrected chi connectivity index (χ0v) is 14.5. The van der Waals surface area contributed by atoms with Gasteiger partial charge in [0.25, 0.3) is 0 Å². The fourth-order valence-electron chi connectivity index (χ4n) is 2.16. The molecule has 1 aromatic heterocycles. The van der Waals surface area contributed by atoms with Crippen LogP contribution in [0, 0.1) is 0 Å². The Hall–Kier alpha value is -2.60. The highest BCUT2D eigenvalue weighted by atomic mass is 79.9. The number of benzene rings is 2. The molecule has 0 unspecified atom stereocenters. The van der Waals surface area contributed by atoms with E-state index < -0.39 is 5.91 Å². The summed E-state index contributed by atoms with van der Waals surface area (Å²) in [5.74, 6) is 0.614. The fourth-order valence-corrected chi connectivity index (χ4v) is 2.54. The molecule has 3 rings (SSSR count). The van der Waals surface area contributed by atoms with E-state index in [1.807, 2.05) is 43.3 Å². The van der Waals surface area contributed by atoms with Gasteiger partial charge in [-0.25, -0.2) is 5.43 Å². The van der Waals surface area contributed by atoms with Crippen molar-refractivity contribution in [3.63, 3.8) is 0 Å². The number of nitrogens with one attached hydrogen (secondary N) is 1. The number of furan rings is 1. The SMILES string of the molecule is CCOc1ccc(C=NNC(=O)c2cc3cc(Br)ccc3o2)cc1. The van der Waals surface area contributed by atoms with E-state index >= 15 is 0 Å². The monoisotopic (exact) mass is 386 g/mol. The van der Waals surface area contributed by atoms with Crippen molar-refractivity contribution in [2.45, 2.75) is 6.92 Å². The lowest BCUT2D eigenvalue weighted by molar-refractivity contribution is 0.0929. The first kappa shape index (κ1) is 16.3. The van der Waals surface area contributed by atoms with Crippen LogP contribution in [-0.4, -0.2) is 18.7 Å². The highest BCUT2D eigenvalue weighted by molar-refractivity contribution is 9.10. The normalized spacial score (nSPS) is 11.1. The van der Waals surface area contributed by atoms with Crippen molar-refractivity contribution < 1.29 is 13.9 Å². The Morgan fingerprint density at radius 3 is 2.79 bits per heavy atom. The first-order valence-electron chi connectivity index (χ1n) is 7.41. The molecule has 5 nitrogen and oxygen atoms in total. The van der Waals surface area contributed by atoms with Gasteiger partial charge in [-0.1, -0.05) is 15.9 Å². The summed E-state index contributed by atoms with van der Waals surface area (Å²) in [5.41, 5.74) is 3.96. The minimum absolute atomic E-state index is 0.215. The number of halogens is 1. The number of rotatable bonds is 5. The lowest BCUT2D eigenvalue weighted by Crippen LogP contribution is -2.16. The third-order valence-corrected chi connectivity index (χ3v) is 3.77. The number of ether oxygens (including phenoxy) is 1. The molecule has 6 heteroatoms. The van der Waals surface area contributed by atoms with Crippen LogP contribution in [-0.2, 0) is 0 Å². The number of carbonyl (C=O) groups is 1. The first-order chi connectivity index (χ1) is 11.7. The maximum Gasteiger partial charge on any atom is 0.307 e. The van der Waals surface area contributed by atoms with Crippen LogP contribution in [0.15, 0.2) is 62.5 Å². The van der Waals surface area contributed by atoms with E-state index in [1.54, 1.807) is 18.3 Å². The molecule has 2 aromatic carbocycles. The molecule has 0 aliphatic heterocycles. The molecular formula is C18H15BrN2O3. The molecule has 1 heterocycles. The topological polar surface area (TPSA) is 63.8 Å². The Kier molecular flexibility index (Phi) is 4.96. The van der Waals surface area contributed by atoms with Gasteiger partial charge in [0.05, 0.1) is 12.8 Å². The molecule has 3 aromatic rings. The molecule has 0 spiro atoms. The third kappa shape index (κ3) is 3.83. The summed E-state index contributed by atoms with van der Waals surface area (Å²) in [6.07, 6.45) is 1.56. The zero-order chi connectivity index (χ0) is 16.9. The van der Waals surface area contributed by atoms with Gasteiger partial charge in [-0.2, -0.15) is 5.10 Å². The maximum absolute atomic E-state index is 12.1. The van der Waals surface area contributed by atoms with Crippen LogP contribution in [0.25, 0.3) is 11.0 Å². The minimum Gasteiger partial charge on any atom is -0.494 e. The van der Waals surface area contributed by atoms with Gasteiger partial charge in [-0.3, -0.25) is 4.79 Å². The largest absolute Gasteiger partial charge is 0.494 e. The maximum atomic E-state index is 12.1. The number of hydrogen-bond donors (Lipinski definition) is 1. The average molecular weight is 387 g/mol. The highest BCUT2D eigenvalue weighted by Gasteiger charge is 2.11. The predicted octanol–water partition coefficient (Wildman–Crippen LogP) is 4.36. The number of amides is 1. The molecule has 0 saturated heterocycles. The predicted molar refractivity (Wildman–Crippen MR) is 96.6 cm³/mol. The van der Waals surface area contributed by atoms with Crippen molar-refractivity contribution in [3.05, 3.63) is 64.3 Å². The van der Waals surface area contributed by atoms with Crippen molar-refractivity contribution in [2.24, 2.45) is 5.10 Å². The molecule has 0 fully saturated rings. The molecule has 0 radical (unpaired) electrons. The number of hydrazone groups is 1. The lowest BCUT2D eigenvalue weighted by atomic mass is 10.2. The first-order valence-corrected chi connectivity index (χ1v) is 8.20. The van der Waals surface area contributed by atoms with E-state index in [0.29, 0.717) is 12.2 Å². The van der Waals surface area contributed by atoms with Crippen molar-refractivity contribution in [1.29, 1.82) is 0 Å². The summed E-state index contributed by atoms with van der Waals surface area (Å²) in [6, 6.07) is 14.7. The Morgan fingerprint density at radius 2 is 2.04 bits per heavy atom. The van der Waals surface area contributed by atoms with Gasteiger partial charge in [0, 0.05) is 9.86 Å². The summed E-state index contributed by atoms with van der Waals surface area (Å²) in [7, 11) is 0. The third-order valence-electron chi connectivity index (χ3n) is 3.27. The van der Waals surface area contributed by atoms with Crippen LogP contribution >= 0.6 is 15.9 Å². The lowest BCUT2D eigenvalue weighted by Gasteiger charge is -2.02. The highest BCUT2D eigenvalue weighted by Crippen LogP contribution is 2.23. The number of nitrogens with zero attached hydrogens (tertiary/aromatic N) is 1. The summed E-state index contributed by atoms with van der Waals surface area (Å²) < 4.78 is 11.8. The zero-order valence-electron chi connectivity index (χ0n) is 13.0. The molecule has 122 valence electrons.